The molecule has 0 unspecified atom stereocenters. The van der Waals surface area contributed by atoms with Crippen LogP contribution in [0.5, 0.6) is 0 Å². The molecular weight excluding hydrogens is 399 g/mol. The molecule has 1 aromatic carbocycles. The number of nitrogens with one attached hydrogen (secondary N) is 1. The van der Waals surface area contributed by atoms with Crippen LogP contribution >= 0.6 is 0 Å². The van der Waals surface area contributed by atoms with Gasteiger partial charge in [0.15, 0.2) is 0 Å². The molecule has 2 aromatic rings. The number of benzene rings is 1. The fraction of sp³-hybridized carbons (Fsp3) is 0.278. The van der Waals surface area contributed by atoms with E-state index in [1.54, 1.807) is 0 Å². The normalized spacial score (nSPS) is 16.7. The Bertz CT molecular complexity index is 948. The second-order valence-electron chi connectivity index (χ2n) is 6.39. The standard InChI is InChI=1S/C18H15F5N4O2/c19-15(20)10-5-4-9-6-12(26-17(24)29)16(28)27(13(9)7-10)8-11-2-1-3-14(25-11)18(21,22)23/h1-5,7,12,15H,6,8H2,(H3,24,26,29)/t12-/m1/s1. The minimum atomic E-state index is -4.68. The molecule has 0 spiro atoms. The first-order chi connectivity index (χ1) is 13.6. The predicted octanol–water partition coefficient (Wildman–Crippen LogP) is 3.16. The first-order valence-electron chi connectivity index (χ1n) is 8.37. The van der Waals surface area contributed by atoms with Gasteiger partial charge < -0.3 is 16.0 Å². The maximum absolute atomic E-state index is 13.1. The Balaban J connectivity index is 2.02. The van der Waals surface area contributed by atoms with Crippen LogP contribution in [0.2, 0.25) is 0 Å². The zero-order chi connectivity index (χ0) is 21.3. The maximum atomic E-state index is 13.1. The molecule has 1 aliphatic heterocycles. The summed E-state index contributed by atoms with van der Waals surface area (Å²) in [5.74, 6) is -0.693. The summed E-state index contributed by atoms with van der Waals surface area (Å²) in [6.45, 7) is -0.403. The summed E-state index contributed by atoms with van der Waals surface area (Å²) in [5.41, 5.74) is 4.07. The molecule has 11 heteroatoms. The van der Waals surface area contributed by atoms with Gasteiger partial charge in [-0.3, -0.25) is 4.79 Å². The molecule has 29 heavy (non-hydrogen) atoms. The monoisotopic (exact) mass is 414 g/mol. The fourth-order valence-electron chi connectivity index (χ4n) is 3.09. The van der Waals surface area contributed by atoms with Crippen molar-refractivity contribution in [3.8, 4) is 0 Å². The van der Waals surface area contributed by atoms with Gasteiger partial charge in [0.1, 0.15) is 11.7 Å². The molecule has 0 saturated heterocycles. The number of hydrogen-bond acceptors (Lipinski definition) is 3. The first kappa shape index (κ1) is 20.5. The highest BCUT2D eigenvalue weighted by Crippen LogP contribution is 2.34. The van der Waals surface area contributed by atoms with Crippen LogP contribution in [-0.2, 0) is 23.9 Å². The van der Waals surface area contributed by atoms with E-state index in [1.165, 1.54) is 18.2 Å². The number of aromatic nitrogens is 1. The van der Waals surface area contributed by atoms with Crippen molar-refractivity contribution in [1.29, 1.82) is 0 Å². The lowest BCUT2D eigenvalue weighted by Gasteiger charge is -2.34. The number of amides is 3. The number of carbonyl (C=O) groups excluding carboxylic acids is 2. The van der Waals surface area contributed by atoms with Crippen molar-refractivity contribution in [2.45, 2.75) is 31.6 Å². The van der Waals surface area contributed by atoms with E-state index >= 15 is 0 Å². The summed E-state index contributed by atoms with van der Waals surface area (Å²) < 4.78 is 65.0. The van der Waals surface area contributed by atoms with E-state index < -0.39 is 42.8 Å². The average molecular weight is 414 g/mol. The number of hydrogen-bond donors (Lipinski definition) is 2. The minimum absolute atomic E-state index is 0.00709. The van der Waals surface area contributed by atoms with Crippen molar-refractivity contribution in [3.05, 3.63) is 58.9 Å². The molecule has 0 aliphatic carbocycles. The van der Waals surface area contributed by atoms with Crippen LogP contribution in [0.15, 0.2) is 36.4 Å². The van der Waals surface area contributed by atoms with Crippen molar-refractivity contribution in [3.63, 3.8) is 0 Å². The molecule has 1 aromatic heterocycles. The molecule has 3 rings (SSSR count). The third kappa shape index (κ3) is 4.44. The van der Waals surface area contributed by atoms with Gasteiger partial charge in [0, 0.05) is 17.7 Å². The van der Waals surface area contributed by atoms with Crippen molar-refractivity contribution in [2.75, 3.05) is 4.90 Å². The Hall–Kier alpha value is -3.24. The highest BCUT2D eigenvalue weighted by atomic mass is 19.4. The summed E-state index contributed by atoms with van der Waals surface area (Å²) in [7, 11) is 0. The van der Waals surface area contributed by atoms with Crippen LogP contribution in [0.25, 0.3) is 0 Å². The lowest BCUT2D eigenvalue weighted by atomic mass is 9.95. The largest absolute Gasteiger partial charge is 0.433 e. The van der Waals surface area contributed by atoms with Crippen LogP contribution < -0.4 is 16.0 Å². The fourth-order valence-corrected chi connectivity index (χ4v) is 3.09. The number of nitrogens with zero attached hydrogens (tertiary/aromatic N) is 2. The summed E-state index contributed by atoms with van der Waals surface area (Å²) in [6.07, 6.45) is -7.48. The number of urea groups is 1. The molecule has 2 heterocycles. The molecule has 0 saturated carbocycles. The summed E-state index contributed by atoms with van der Waals surface area (Å²) in [4.78, 5) is 28.5. The van der Waals surface area contributed by atoms with E-state index in [0.717, 1.165) is 23.1 Å². The predicted molar refractivity (Wildman–Crippen MR) is 92.0 cm³/mol. The molecule has 1 atom stereocenters. The second kappa shape index (κ2) is 7.64. The highest BCUT2D eigenvalue weighted by molar-refractivity contribution is 6.01. The third-order valence-corrected chi connectivity index (χ3v) is 4.37. The van der Waals surface area contributed by atoms with E-state index in [2.05, 4.69) is 10.3 Å². The summed E-state index contributed by atoms with van der Waals surface area (Å²) in [6, 6.07) is 4.82. The summed E-state index contributed by atoms with van der Waals surface area (Å²) >= 11 is 0. The number of halogens is 5. The van der Waals surface area contributed by atoms with Gasteiger partial charge in [-0.05, 0) is 23.8 Å². The molecule has 0 fully saturated rings. The maximum Gasteiger partial charge on any atom is 0.433 e. The van der Waals surface area contributed by atoms with Crippen molar-refractivity contribution >= 4 is 17.6 Å². The van der Waals surface area contributed by atoms with Crippen LogP contribution in [0, 0.1) is 0 Å². The Morgan fingerprint density at radius 1 is 1.28 bits per heavy atom. The molecule has 0 radical (unpaired) electrons. The molecule has 6 nitrogen and oxygen atoms in total. The second-order valence-corrected chi connectivity index (χ2v) is 6.39. The summed E-state index contributed by atoms with van der Waals surface area (Å²) in [5, 5.41) is 2.26. The van der Waals surface area contributed by atoms with Gasteiger partial charge in [-0.25, -0.2) is 18.6 Å². The van der Waals surface area contributed by atoms with E-state index in [9.17, 15) is 31.5 Å². The Morgan fingerprint density at radius 3 is 2.62 bits per heavy atom. The lowest BCUT2D eigenvalue weighted by Crippen LogP contribution is -2.53. The van der Waals surface area contributed by atoms with Crippen LogP contribution in [0.1, 0.15) is 28.9 Å². The number of fused-ring (bicyclic) bond motifs is 1. The van der Waals surface area contributed by atoms with Crippen molar-refractivity contribution in [1.82, 2.24) is 10.3 Å². The quantitative estimate of drug-likeness (QED) is 0.754. The van der Waals surface area contributed by atoms with Crippen LogP contribution in [-0.4, -0.2) is 23.0 Å². The van der Waals surface area contributed by atoms with E-state index in [-0.39, 0.29) is 23.4 Å². The number of nitrogens with two attached hydrogens (primary N) is 1. The van der Waals surface area contributed by atoms with E-state index in [0.29, 0.717) is 5.56 Å². The zero-order valence-electron chi connectivity index (χ0n) is 14.7. The van der Waals surface area contributed by atoms with E-state index in [4.69, 9.17) is 5.73 Å². The van der Waals surface area contributed by atoms with Crippen LogP contribution in [0.3, 0.4) is 0 Å². The van der Waals surface area contributed by atoms with E-state index in [1.807, 2.05) is 0 Å². The zero-order valence-corrected chi connectivity index (χ0v) is 14.7. The Kier molecular flexibility index (Phi) is 5.40. The molecule has 1 aliphatic rings. The number of anilines is 1. The number of alkyl halides is 5. The Morgan fingerprint density at radius 2 is 2.00 bits per heavy atom. The van der Waals surface area contributed by atoms with Gasteiger partial charge >= 0.3 is 12.2 Å². The number of primary amides is 1. The van der Waals surface area contributed by atoms with Gasteiger partial charge in [0.05, 0.1) is 12.2 Å². The highest BCUT2D eigenvalue weighted by Gasteiger charge is 2.36. The Labute approximate surface area is 161 Å². The average Bonchev–Trinajstić information content (AvgIpc) is 2.64. The van der Waals surface area contributed by atoms with Crippen LogP contribution in [0.4, 0.5) is 32.4 Å². The lowest BCUT2D eigenvalue weighted by molar-refractivity contribution is -0.141. The molecule has 154 valence electrons. The smallest absolute Gasteiger partial charge is 0.352 e. The molecule has 0 bridgehead atoms. The number of carbonyl (C=O) groups is 2. The van der Waals surface area contributed by atoms with Gasteiger partial charge in [0.25, 0.3) is 6.43 Å². The minimum Gasteiger partial charge on any atom is -0.352 e. The molecule has 3 N–H and O–H groups in total. The topological polar surface area (TPSA) is 88.3 Å². The van der Waals surface area contributed by atoms with Crippen molar-refractivity contribution < 1.29 is 31.5 Å². The van der Waals surface area contributed by atoms with Gasteiger partial charge in [-0.2, -0.15) is 13.2 Å². The first-order valence-corrected chi connectivity index (χ1v) is 8.37. The number of rotatable bonds is 4. The van der Waals surface area contributed by atoms with Gasteiger partial charge in [0.2, 0.25) is 5.91 Å². The molecule has 3 amide bonds. The SMILES string of the molecule is NC(=O)N[C@@H]1Cc2ccc(C(F)F)cc2N(Cc2cccc(C(F)(F)F)n2)C1=O. The van der Waals surface area contributed by atoms with Crippen molar-refractivity contribution in [2.24, 2.45) is 5.73 Å². The number of pyridine rings is 1. The molecular formula is C18H15F5N4O2. The van der Waals surface area contributed by atoms with Gasteiger partial charge in [-0.15, -0.1) is 0 Å². The third-order valence-electron chi connectivity index (χ3n) is 4.37. The van der Waals surface area contributed by atoms with Gasteiger partial charge in [-0.1, -0.05) is 18.2 Å².